The van der Waals surface area contributed by atoms with Gasteiger partial charge in [-0.15, -0.1) is 0 Å². The van der Waals surface area contributed by atoms with Crippen molar-refractivity contribution in [3.63, 3.8) is 0 Å². The van der Waals surface area contributed by atoms with Gasteiger partial charge in [0, 0.05) is 18.1 Å². The molecule has 4 nitrogen and oxygen atoms in total. The van der Waals surface area contributed by atoms with Crippen molar-refractivity contribution < 1.29 is 9.53 Å². The zero-order chi connectivity index (χ0) is 20.0. The molecule has 0 fully saturated rings. The number of carbonyl (C=O) groups excluding carboxylic acids is 1. The average molecular weight is 380 g/mol. The standard InChI is InChI=1S/C25H20N2O2/c1-16(28)27-15-21-24(17-8-4-3-5-9-17)20-14-18(29-2)12-13-19(20)25(21)26-22-10-6-7-11-23(22)27/h3-14H,15H2,1-2H3. The second-order valence-electron chi connectivity index (χ2n) is 7.19. The molecule has 1 aliphatic carbocycles. The second kappa shape index (κ2) is 6.74. The van der Waals surface area contributed by atoms with Crippen molar-refractivity contribution in [2.75, 3.05) is 18.6 Å². The Morgan fingerprint density at radius 2 is 1.72 bits per heavy atom. The highest BCUT2D eigenvalue weighted by Gasteiger charge is 2.33. The summed E-state index contributed by atoms with van der Waals surface area (Å²) in [6.45, 7) is 2.09. The van der Waals surface area contributed by atoms with E-state index < -0.39 is 0 Å². The van der Waals surface area contributed by atoms with Gasteiger partial charge in [0.15, 0.2) is 0 Å². The molecule has 1 amide bonds. The van der Waals surface area contributed by atoms with E-state index in [2.05, 4.69) is 24.3 Å². The Balaban J connectivity index is 1.83. The Labute approximate surface area is 169 Å². The van der Waals surface area contributed by atoms with E-state index in [1.807, 2.05) is 53.4 Å². The van der Waals surface area contributed by atoms with Crippen LogP contribution < -0.4 is 9.64 Å². The predicted molar refractivity (Wildman–Crippen MR) is 116 cm³/mol. The van der Waals surface area contributed by atoms with Crippen LogP contribution in [0.4, 0.5) is 11.4 Å². The van der Waals surface area contributed by atoms with E-state index >= 15 is 0 Å². The number of hydrogen-bond donors (Lipinski definition) is 0. The minimum atomic E-state index is 0.00217. The maximum absolute atomic E-state index is 12.6. The molecule has 3 aromatic rings. The van der Waals surface area contributed by atoms with E-state index in [1.165, 1.54) is 0 Å². The normalized spacial score (nSPS) is 14.6. The summed E-state index contributed by atoms with van der Waals surface area (Å²) in [5.74, 6) is 0.806. The Hall–Kier alpha value is -3.66. The lowest BCUT2D eigenvalue weighted by molar-refractivity contribution is -0.116. The molecule has 0 radical (unpaired) electrons. The third-order valence-corrected chi connectivity index (χ3v) is 5.50. The molecule has 0 saturated heterocycles. The molecule has 0 saturated carbocycles. The first-order valence-electron chi connectivity index (χ1n) is 9.61. The number of nitrogens with zero attached hydrogens (tertiary/aromatic N) is 2. The number of rotatable bonds is 2. The van der Waals surface area contributed by atoms with Gasteiger partial charge in [-0.1, -0.05) is 42.5 Å². The fraction of sp³-hybridized carbons (Fsp3) is 0.120. The molecule has 4 heteroatoms. The van der Waals surface area contributed by atoms with Gasteiger partial charge in [0.2, 0.25) is 5.91 Å². The summed E-state index contributed by atoms with van der Waals surface area (Å²) < 4.78 is 5.49. The molecule has 142 valence electrons. The second-order valence-corrected chi connectivity index (χ2v) is 7.19. The minimum absolute atomic E-state index is 0.00217. The molecule has 29 heavy (non-hydrogen) atoms. The maximum atomic E-state index is 12.6. The minimum Gasteiger partial charge on any atom is -0.497 e. The number of methoxy groups -OCH3 is 1. The van der Waals surface area contributed by atoms with Crippen LogP contribution in [0.1, 0.15) is 23.6 Å². The Morgan fingerprint density at radius 1 is 0.966 bits per heavy atom. The van der Waals surface area contributed by atoms with Crippen LogP contribution in [0.2, 0.25) is 0 Å². The van der Waals surface area contributed by atoms with E-state index in [1.54, 1.807) is 14.0 Å². The van der Waals surface area contributed by atoms with Crippen molar-refractivity contribution in [3.8, 4) is 5.75 Å². The molecule has 0 atom stereocenters. The van der Waals surface area contributed by atoms with Crippen molar-refractivity contribution >= 4 is 28.6 Å². The smallest absolute Gasteiger partial charge is 0.224 e. The van der Waals surface area contributed by atoms with Gasteiger partial charge >= 0.3 is 0 Å². The number of ether oxygens (including phenoxy) is 1. The molecule has 0 unspecified atom stereocenters. The summed E-state index contributed by atoms with van der Waals surface area (Å²) >= 11 is 0. The van der Waals surface area contributed by atoms with Crippen molar-refractivity contribution in [1.82, 2.24) is 0 Å². The van der Waals surface area contributed by atoms with Gasteiger partial charge in [-0.25, -0.2) is 4.99 Å². The highest BCUT2D eigenvalue weighted by molar-refractivity contribution is 6.27. The fourth-order valence-corrected chi connectivity index (χ4v) is 4.16. The molecule has 1 heterocycles. The van der Waals surface area contributed by atoms with E-state index in [0.717, 1.165) is 50.7 Å². The number of benzene rings is 3. The molecule has 3 aromatic carbocycles. The number of para-hydroxylation sites is 2. The third-order valence-electron chi connectivity index (χ3n) is 5.50. The van der Waals surface area contributed by atoms with E-state index in [4.69, 9.17) is 9.73 Å². The van der Waals surface area contributed by atoms with Crippen LogP contribution in [-0.2, 0) is 4.79 Å². The van der Waals surface area contributed by atoms with Gasteiger partial charge in [-0.3, -0.25) is 4.79 Å². The van der Waals surface area contributed by atoms with Crippen molar-refractivity contribution in [2.24, 2.45) is 4.99 Å². The maximum Gasteiger partial charge on any atom is 0.224 e. The number of anilines is 1. The summed E-state index contributed by atoms with van der Waals surface area (Å²) in [6, 6.07) is 24.2. The predicted octanol–water partition coefficient (Wildman–Crippen LogP) is 5.00. The zero-order valence-electron chi connectivity index (χ0n) is 16.3. The Morgan fingerprint density at radius 3 is 2.48 bits per heavy atom. The Bertz CT molecular complexity index is 1190. The lowest BCUT2D eigenvalue weighted by Gasteiger charge is -2.22. The first-order valence-corrected chi connectivity index (χ1v) is 9.61. The van der Waals surface area contributed by atoms with Gasteiger partial charge in [0.05, 0.1) is 30.7 Å². The lowest BCUT2D eigenvalue weighted by Crippen LogP contribution is -2.31. The number of fused-ring (bicyclic) bond motifs is 4. The van der Waals surface area contributed by atoms with Crippen LogP contribution in [0.5, 0.6) is 5.75 Å². The average Bonchev–Trinajstić information content (AvgIpc) is 2.93. The highest BCUT2D eigenvalue weighted by atomic mass is 16.5. The summed E-state index contributed by atoms with van der Waals surface area (Å²) in [6.07, 6.45) is 0. The third kappa shape index (κ3) is 2.76. The van der Waals surface area contributed by atoms with Crippen LogP contribution in [0.25, 0.3) is 5.57 Å². The molecule has 2 aliphatic rings. The topological polar surface area (TPSA) is 41.9 Å². The van der Waals surface area contributed by atoms with Crippen LogP contribution in [0, 0.1) is 0 Å². The summed E-state index contributed by atoms with van der Waals surface area (Å²) in [5.41, 5.74) is 8.02. The molecule has 0 aromatic heterocycles. The van der Waals surface area contributed by atoms with Gasteiger partial charge in [-0.2, -0.15) is 0 Å². The van der Waals surface area contributed by atoms with E-state index in [0.29, 0.717) is 6.54 Å². The first kappa shape index (κ1) is 17.4. The largest absolute Gasteiger partial charge is 0.497 e. The molecule has 0 bridgehead atoms. The summed E-state index contributed by atoms with van der Waals surface area (Å²) in [4.78, 5) is 19.4. The van der Waals surface area contributed by atoms with Gasteiger partial charge in [-0.05, 0) is 47.0 Å². The molecule has 1 aliphatic heterocycles. The lowest BCUT2D eigenvalue weighted by atomic mass is 9.97. The first-order chi connectivity index (χ1) is 14.2. The van der Waals surface area contributed by atoms with Gasteiger partial charge < -0.3 is 9.64 Å². The molecular formula is C25H20N2O2. The van der Waals surface area contributed by atoms with Crippen LogP contribution in [0.15, 0.2) is 83.4 Å². The highest BCUT2D eigenvalue weighted by Crippen LogP contribution is 2.44. The van der Waals surface area contributed by atoms with E-state index in [-0.39, 0.29) is 5.91 Å². The van der Waals surface area contributed by atoms with Crippen molar-refractivity contribution in [3.05, 3.63) is 95.1 Å². The van der Waals surface area contributed by atoms with Gasteiger partial charge in [0.1, 0.15) is 5.75 Å². The van der Waals surface area contributed by atoms with Crippen molar-refractivity contribution in [1.29, 1.82) is 0 Å². The van der Waals surface area contributed by atoms with Crippen molar-refractivity contribution in [2.45, 2.75) is 6.92 Å². The summed E-state index contributed by atoms with van der Waals surface area (Å²) in [7, 11) is 1.68. The molecule has 0 spiro atoms. The zero-order valence-corrected chi connectivity index (χ0v) is 16.3. The number of amides is 1. The number of aliphatic imine (C=N–C) groups is 1. The van der Waals surface area contributed by atoms with Crippen LogP contribution >= 0.6 is 0 Å². The van der Waals surface area contributed by atoms with Gasteiger partial charge in [0.25, 0.3) is 0 Å². The van der Waals surface area contributed by atoms with Crippen LogP contribution in [-0.4, -0.2) is 25.3 Å². The molecular weight excluding hydrogens is 360 g/mol. The quantitative estimate of drug-likeness (QED) is 0.628. The SMILES string of the molecule is COc1ccc2c(c1)C(c1ccccc1)=C1CN(C(C)=O)c3ccccc3N=C12. The number of hydrogen-bond acceptors (Lipinski definition) is 3. The monoisotopic (exact) mass is 380 g/mol. The molecule has 0 N–H and O–H groups in total. The Kier molecular flexibility index (Phi) is 4.06. The fourth-order valence-electron chi connectivity index (χ4n) is 4.16. The summed E-state index contributed by atoms with van der Waals surface area (Å²) in [5, 5.41) is 0. The van der Waals surface area contributed by atoms with Crippen LogP contribution in [0.3, 0.4) is 0 Å². The molecule has 5 rings (SSSR count). The van der Waals surface area contributed by atoms with E-state index in [9.17, 15) is 4.79 Å². The number of carbonyl (C=O) groups is 1.